The molecule has 1 atom stereocenters. The minimum atomic E-state index is -0.474. The number of aromatic nitrogens is 3. The van der Waals surface area contributed by atoms with E-state index in [2.05, 4.69) is 20.7 Å². The molecule has 1 aromatic heterocycles. The first-order valence-corrected chi connectivity index (χ1v) is 9.55. The number of amides is 1. The molecule has 4 rings (SSSR count). The number of hydrogen-bond donors (Lipinski definition) is 2. The molecule has 0 aliphatic carbocycles. The topological polar surface area (TPSA) is 90.3 Å². The van der Waals surface area contributed by atoms with Gasteiger partial charge in [0.25, 0.3) is 5.91 Å². The van der Waals surface area contributed by atoms with Crippen molar-refractivity contribution in [2.75, 3.05) is 24.9 Å². The van der Waals surface area contributed by atoms with Gasteiger partial charge in [-0.2, -0.15) is 10.1 Å². The number of hydrogen-bond acceptors (Lipinski definition) is 6. The van der Waals surface area contributed by atoms with E-state index >= 15 is 0 Å². The first kappa shape index (κ1) is 19.8. The number of nitrogens with zero attached hydrogens (tertiary/aromatic N) is 3. The number of carbonyl (C=O) groups excluding carboxylic acids is 1. The van der Waals surface area contributed by atoms with Crippen molar-refractivity contribution in [1.82, 2.24) is 14.8 Å². The zero-order valence-corrected chi connectivity index (χ0v) is 17.4. The van der Waals surface area contributed by atoms with Gasteiger partial charge in [0.15, 0.2) is 0 Å². The molecular weight excluding hydrogens is 406 g/mol. The van der Waals surface area contributed by atoms with Crippen LogP contribution in [0.15, 0.2) is 60.1 Å². The normalized spacial score (nSPS) is 15.3. The number of allylic oxidation sites excluding steroid dienone is 1. The number of ether oxygens (including phenoxy) is 2. The van der Waals surface area contributed by atoms with Gasteiger partial charge >= 0.3 is 0 Å². The highest BCUT2D eigenvalue weighted by atomic mass is 35.5. The summed E-state index contributed by atoms with van der Waals surface area (Å²) in [5.41, 5.74) is 2.53. The molecule has 1 aliphatic rings. The van der Waals surface area contributed by atoms with Crippen LogP contribution < -0.4 is 20.1 Å². The molecular formula is C21H20ClN5O3. The van der Waals surface area contributed by atoms with Crippen molar-refractivity contribution >= 4 is 29.1 Å². The van der Waals surface area contributed by atoms with Gasteiger partial charge in [-0.1, -0.05) is 23.7 Å². The van der Waals surface area contributed by atoms with E-state index in [9.17, 15) is 4.79 Å². The molecule has 2 heterocycles. The number of fused-ring (bicyclic) bond motifs is 1. The number of carbonyl (C=O) groups is 1. The second-order valence-corrected chi connectivity index (χ2v) is 7.10. The molecule has 1 amide bonds. The summed E-state index contributed by atoms with van der Waals surface area (Å²) in [6, 6.07) is 12.0. The second kappa shape index (κ2) is 8.08. The highest BCUT2D eigenvalue weighted by Crippen LogP contribution is 2.36. The molecule has 0 saturated heterocycles. The fourth-order valence-corrected chi connectivity index (χ4v) is 3.57. The van der Waals surface area contributed by atoms with E-state index < -0.39 is 6.04 Å². The van der Waals surface area contributed by atoms with Crippen LogP contribution in [0.1, 0.15) is 18.5 Å². The highest BCUT2D eigenvalue weighted by molar-refractivity contribution is 6.30. The molecule has 2 aromatic carbocycles. The Kier molecular flexibility index (Phi) is 5.33. The number of rotatable bonds is 5. The SMILES string of the molecule is COc1ccc(OC)c(NC(=O)C2=C(C)Nc3ncnn3C2c2ccc(Cl)cc2)c1. The Morgan fingerprint density at radius 3 is 2.63 bits per heavy atom. The lowest BCUT2D eigenvalue weighted by molar-refractivity contribution is -0.113. The number of halogens is 1. The van der Waals surface area contributed by atoms with Gasteiger partial charge in [0, 0.05) is 16.8 Å². The van der Waals surface area contributed by atoms with Crippen molar-refractivity contribution in [2.24, 2.45) is 0 Å². The fourth-order valence-electron chi connectivity index (χ4n) is 3.44. The molecule has 0 saturated carbocycles. The number of benzene rings is 2. The third-order valence-corrected chi connectivity index (χ3v) is 5.13. The minimum absolute atomic E-state index is 0.298. The van der Waals surface area contributed by atoms with Crippen LogP contribution in [-0.4, -0.2) is 34.9 Å². The first-order chi connectivity index (χ1) is 14.5. The molecule has 0 spiro atoms. The Labute approximate surface area is 178 Å². The van der Waals surface area contributed by atoms with Gasteiger partial charge in [-0.25, -0.2) is 4.68 Å². The third kappa shape index (κ3) is 3.57. The van der Waals surface area contributed by atoms with Crippen LogP contribution >= 0.6 is 11.6 Å². The smallest absolute Gasteiger partial charge is 0.255 e. The molecule has 154 valence electrons. The third-order valence-electron chi connectivity index (χ3n) is 4.88. The Balaban J connectivity index is 1.75. The largest absolute Gasteiger partial charge is 0.497 e. The van der Waals surface area contributed by atoms with Gasteiger partial charge in [-0.05, 0) is 36.8 Å². The standard InChI is InChI=1S/C21H20ClN5O3/c1-12-18(20(28)26-16-10-15(29-2)8-9-17(16)30-3)19(13-4-6-14(22)7-5-13)27-21(25-12)23-11-24-27/h4-11,19H,1-3H3,(H,26,28)(H,23,24,25). The zero-order valence-electron chi connectivity index (χ0n) is 16.6. The summed E-state index contributed by atoms with van der Waals surface area (Å²) < 4.78 is 12.3. The molecule has 9 heteroatoms. The number of methoxy groups -OCH3 is 2. The average Bonchev–Trinajstić information content (AvgIpc) is 3.21. The van der Waals surface area contributed by atoms with Crippen molar-refractivity contribution in [3.8, 4) is 11.5 Å². The van der Waals surface area contributed by atoms with Gasteiger partial charge in [0.2, 0.25) is 5.95 Å². The zero-order chi connectivity index (χ0) is 21.3. The summed E-state index contributed by atoms with van der Waals surface area (Å²) in [4.78, 5) is 17.7. The predicted molar refractivity (Wildman–Crippen MR) is 114 cm³/mol. The lowest BCUT2D eigenvalue weighted by Gasteiger charge is -2.29. The summed E-state index contributed by atoms with van der Waals surface area (Å²) in [5, 5.41) is 11.0. The molecule has 1 aliphatic heterocycles. The lowest BCUT2D eigenvalue weighted by Crippen LogP contribution is -2.31. The molecule has 0 fully saturated rings. The van der Waals surface area contributed by atoms with Crippen molar-refractivity contribution in [3.05, 3.63) is 70.6 Å². The van der Waals surface area contributed by atoms with E-state index in [0.717, 1.165) is 5.56 Å². The summed E-state index contributed by atoms with van der Waals surface area (Å²) in [7, 11) is 3.11. The molecule has 0 bridgehead atoms. The minimum Gasteiger partial charge on any atom is -0.497 e. The van der Waals surface area contributed by atoms with Gasteiger partial charge in [-0.3, -0.25) is 4.79 Å². The summed E-state index contributed by atoms with van der Waals surface area (Å²) >= 11 is 6.06. The summed E-state index contributed by atoms with van der Waals surface area (Å²) in [6.07, 6.45) is 1.45. The van der Waals surface area contributed by atoms with E-state index in [0.29, 0.717) is 39.4 Å². The maximum absolute atomic E-state index is 13.4. The van der Waals surface area contributed by atoms with Crippen LogP contribution in [0.3, 0.4) is 0 Å². The summed E-state index contributed by atoms with van der Waals surface area (Å²) in [6.45, 7) is 1.83. The van der Waals surface area contributed by atoms with Crippen LogP contribution in [0.4, 0.5) is 11.6 Å². The van der Waals surface area contributed by atoms with Crippen LogP contribution in [0.5, 0.6) is 11.5 Å². The van der Waals surface area contributed by atoms with Gasteiger partial charge in [0.05, 0.1) is 25.5 Å². The Bertz CT molecular complexity index is 1120. The van der Waals surface area contributed by atoms with Crippen molar-refractivity contribution < 1.29 is 14.3 Å². The Morgan fingerprint density at radius 1 is 1.17 bits per heavy atom. The fraction of sp³-hybridized carbons (Fsp3) is 0.190. The van der Waals surface area contributed by atoms with E-state index in [1.165, 1.54) is 6.33 Å². The van der Waals surface area contributed by atoms with Crippen LogP contribution in [0.25, 0.3) is 0 Å². The molecule has 3 aromatic rings. The number of anilines is 2. The number of nitrogens with one attached hydrogen (secondary N) is 2. The molecule has 2 N–H and O–H groups in total. The lowest BCUT2D eigenvalue weighted by atomic mass is 9.95. The van der Waals surface area contributed by atoms with Crippen LogP contribution in [0.2, 0.25) is 5.02 Å². The van der Waals surface area contributed by atoms with Crippen LogP contribution in [0, 0.1) is 0 Å². The van der Waals surface area contributed by atoms with Gasteiger partial charge in [-0.15, -0.1) is 0 Å². The molecule has 1 unspecified atom stereocenters. The molecule has 0 radical (unpaired) electrons. The van der Waals surface area contributed by atoms with E-state index in [1.807, 2.05) is 19.1 Å². The quantitative estimate of drug-likeness (QED) is 0.644. The first-order valence-electron chi connectivity index (χ1n) is 9.18. The van der Waals surface area contributed by atoms with Gasteiger partial charge < -0.3 is 20.1 Å². The second-order valence-electron chi connectivity index (χ2n) is 6.67. The van der Waals surface area contributed by atoms with Crippen molar-refractivity contribution in [1.29, 1.82) is 0 Å². The Hall–Kier alpha value is -3.52. The van der Waals surface area contributed by atoms with E-state index in [-0.39, 0.29) is 5.91 Å². The maximum atomic E-state index is 13.4. The molecule has 8 nitrogen and oxygen atoms in total. The maximum Gasteiger partial charge on any atom is 0.255 e. The molecule has 30 heavy (non-hydrogen) atoms. The van der Waals surface area contributed by atoms with E-state index in [4.69, 9.17) is 21.1 Å². The van der Waals surface area contributed by atoms with Gasteiger partial charge in [0.1, 0.15) is 23.9 Å². The average molecular weight is 426 g/mol. The Morgan fingerprint density at radius 2 is 1.93 bits per heavy atom. The summed E-state index contributed by atoms with van der Waals surface area (Å²) in [5.74, 6) is 1.39. The predicted octanol–water partition coefficient (Wildman–Crippen LogP) is 3.88. The highest BCUT2D eigenvalue weighted by Gasteiger charge is 2.33. The monoisotopic (exact) mass is 425 g/mol. The van der Waals surface area contributed by atoms with Crippen LogP contribution in [-0.2, 0) is 4.79 Å². The van der Waals surface area contributed by atoms with Crippen molar-refractivity contribution in [2.45, 2.75) is 13.0 Å². The van der Waals surface area contributed by atoms with E-state index in [1.54, 1.807) is 49.2 Å². The van der Waals surface area contributed by atoms with Crippen molar-refractivity contribution in [3.63, 3.8) is 0 Å².